The van der Waals surface area contributed by atoms with Gasteiger partial charge >= 0.3 is 5.97 Å². The van der Waals surface area contributed by atoms with Crippen LogP contribution in [0.4, 0.5) is 4.39 Å². The Morgan fingerprint density at radius 1 is 1.38 bits per heavy atom. The summed E-state index contributed by atoms with van der Waals surface area (Å²) in [7, 11) is 0. The van der Waals surface area contributed by atoms with Crippen LogP contribution in [0.15, 0.2) is 24.3 Å². The zero-order valence-corrected chi connectivity index (χ0v) is 11.7. The maximum Gasteiger partial charge on any atom is 0.328 e. The quantitative estimate of drug-likeness (QED) is 0.921. The van der Waals surface area contributed by atoms with Gasteiger partial charge < -0.3 is 14.7 Å². The van der Waals surface area contributed by atoms with Crippen LogP contribution < -0.4 is 0 Å². The van der Waals surface area contributed by atoms with Gasteiger partial charge in [0.2, 0.25) is 0 Å². The second-order valence-corrected chi connectivity index (χ2v) is 5.80. The van der Waals surface area contributed by atoms with Gasteiger partial charge in [-0.1, -0.05) is 6.07 Å². The van der Waals surface area contributed by atoms with Crippen molar-refractivity contribution in [3.8, 4) is 0 Å². The van der Waals surface area contributed by atoms with Crippen molar-refractivity contribution in [2.75, 3.05) is 19.8 Å². The second-order valence-electron chi connectivity index (χ2n) is 4.72. The number of carbonyl (C=O) groups is 2. The fourth-order valence-corrected chi connectivity index (χ4v) is 3.35. The number of fused-ring (bicyclic) bond motifs is 1. The van der Waals surface area contributed by atoms with Crippen LogP contribution in [0.3, 0.4) is 0 Å². The topological polar surface area (TPSA) is 66.8 Å². The van der Waals surface area contributed by atoms with E-state index in [1.165, 1.54) is 17.0 Å². The van der Waals surface area contributed by atoms with Crippen LogP contribution in [-0.2, 0) is 9.53 Å². The normalized spacial score (nSPS) is 18.9. The van der Waals surface area contributed by atoms with E-state index in [2.05, 4.69) is 0 Å². The lowest BCUT2D eigenvalue weighted by Gasteiger charge is -2.32. The Morgan fingerprint density at radius 2 is 2.19 bits per heavy atom. The third-order valence-electron chi connectivity index (χ3n) is 3.37. The summed E-state index contributed by atoms with van der Waals surface area (Å²) < 4.78 is 19.0. The smallest absolute Gasteiger partial charge is 0.328 e. The van der Waals surface area contributed by atoms with Gasteiger partial charge in [-0.3, -0.25) is 4.79 Å². The molecule has 1 atom stereocenters. The fourth-order valence-electron chi connectivity index (χ4n) is 2.30. The molecule has 110 valence electrons. The molecule has 0 bridgehead atoms. The number of amides is 1. The predicted octanol–water partition coefficient (Wildman–Crippen LogP) is 1.97. The summed E-state index contributed by atoms with van der Waals surface area (Å²) >= 11 is 1.16. The van der Waals surface area contributed by atoms with Gasteiger partial charge in [-0.15, -0.1) is 11.3 Å². The van der Waals surface area contributed by atoms with Crippen molar-refractivity contribution in [2.24, 2.45) is 0 Å². The SMILES string of the molecule is O=C(O)C1COCCN1C(=O)c1cc2ccc(F)cc2s1. The van der Waals surface area contributed by atoms with Crippen molar-refractivity contribution in [1.82, 2.24) is 4.90 Å². The number of nitrogens with zero attached hydrogens (tertiary/aromatic N) is 1. The molecule has 3 rings (SSSR count). The summed E-state index contributed by atoms with van der Waals surface area (Å²) in [5.74, 6) is -1.80. The zero-order valence-electron chi connectivity index (χ0n) is 10.9. The summed E-state index contributed by atoms with van der Waals surface area (Å²) in [6, 6.07) is 4.98. The van der Waals surface area contributed by atoms with Crippen LogP contribution in [0.2, 0.25) is 0 Å². The maximum absolute atomic E-state index is 13.2. The minimum Gasteiger partial charge on any atom is -0.480 e. The first kappa shape index (κ1) is 14.0. The van der Waals surface area contributed by atoms with Crippen molar-refractivity contribution in [2.45, 2.75) is 6.04 Å². The molecule has 2 aromatic rings. The van der Waals surface area contributed by atoms with E-state index < -0.39 is 12.0 Å². The highest BCUT2D eigenvalue weighted by Crippen LogP contribution is 2.28. The van der Waals surface area contributed by atoms with Gasteiger partial charge in [0.05, 0.1) is 18.1 Å². The number of morpholine rings is 1. The van der Waals surface area contributed by atoms with Crippen LogP contribution in [0, 0.1) is 5.82 Å². The Balaban J connectivity index is 1.93. The van der Waals surface area contributed by atoms with Gasteiger partial charge in [0, 0.05) is 11.2 Å². The van der Waals surface area contributed by atoms with E-state index in [-0.39, 0.29) is 24.9 Å². The Kier molecular flexibility index (Phi) is 3.60. The molecule has 1 aromatic carbocycles. The fraction of sp³-hybridized carbons (Fsp3) is 0.286. The van der Waals surface area contributed by atoms with E-state index in [4.69, 9.17) is 9.84 Å². The third kappa shape index (κ3) is 2.62. The van der Waals surface area contributed by atoms with Gasteiger partial charge in [-0.2, -0.15) is 0 Å². The lowest BCUT2D eigenvalue weighted by Crippen LogP contribution is -2.52. The van der Waals surface area contributed by atoms with Crippen LogP contribution in [0.1, 0.15) is 9.67 Å². The standard InChI is InChI=1S/C14H12FNO4S/c15-9-2-1-8-5-12(21-11(8)6-9)13(17)16-3-4-20-7-10(16)14(18)19/h1-2,5-6,10H,3-4,7H2,(H,18,19). The molecule has 0 aliphatic carbocycles. The van der Waals surface area contributed by atoms with Crippen molar-refractivity contribution in [3.05, 3.63) is 35.0 Å². The Morgan fingerprint density at radius 3 is 2.95 bits per heavy atom. The molecule has 0 spiro atoms. The molecule has 21 heavy (non-hydrogen) atoms. The number of carbonyl (C=O) groups excluding carboxylic acids is 1. The van der Waals surface area contributed by atoms with E-state index in [0.29, 0.717) is 16.2 Å². The minimum absolute atomic E-state index is 0.0133. The highest BCUT2D eigenvalue weighted by atomic mass is 32.1. The molecule has 1 aromatic heterocycles. The number of carboxylic acids is 1. The number of benzene rings is 1. The summed E-state index contributed by atoms with van der Waals surface area (Å²) in [6.45, 7) is 0.536. The number of hydrogen-bond acceptors (Lipinski definition) is 4. The third-order valence-corrected chi connectivity index (χ3v) is 4.45. The molecule has 1 unspecified atom stereocenters. The summed E-state index contributed by atoms with van der Waals surface area (Å²) in [4.78, 5) is 25.4. The average molecular weight is 309 g/mol. The molecule has 1 aliphatic rings. The van der Waals surface area contributed by atoms with Gasteiger partial charge in [0.25, 0.3) is 5.91 Å². The maximum atomic E-state index is 13.2. The molecule has 0 radical (unpaired) electrons. The summed E-state index contributed by atoms with van der Waals surface area (Å²) in [5.41, 5.74) is 0. The van der Waals surface area contributed by atoms with Crippen LogP contribution in [-0.4, -0.2) is 47.7 Å². The molecule has 1 amide bonds. The molecular formula is C14H12FNO4S. The molecule has 1 N–H and O–H groups in total. The van der Waals surface area contributed by atoms with Gasteiger partial charge in [0.1, 0.15) is 5.82 Å². The number of aliphatic carboxylic acids is 1. The van der Waals surface area contributed by atoms with Gasteiger partial charge in [0.15, 0.2) is 6.04 Å². The molecule has 1 saturated heterocycles. The molecule has 1 aliphatic heterocycles. The van der Waals surface area contributed by atoms with Crippen LogP contribution in [0.25, 0.3) is 10.1 Å². The number of carboxylic acid groups (broad SMARTS) is 1. The molecule has 2 heterocycles. The van der Waals surface area contributed by atoms with Crippen LogP contribution in [0.5, 0.6) is 0 Å². The summed E-state index contributed by atoms with van der Waals surface area (Å²) in [6.07, 6.45) is 0. The Bertz CT molecular complexity index is 714. The number of halogens is 1. The molecular weight excluding hydrogens is 297 g/mol. The lowest BCUT2D eigenvalue weighted by atomic mass is 10.2. The highest BCUT2D eigenvalue weighted by Gasteiger charge is 2.33. The number of rotatable bonds is 2. The largest absolute Gasteiger partial charge is 0.480 e. The van der Waals surface area contributed by atoms with Crippen LogP contribution >= 0.6 is 11.3 Å². The summed E-state index contributed by atoms with van der Waals surface area (Å²) in [5, 5.41) is 9.93. The van der Waals surface area contributed by atoms with E-state index in [1.54, 1.807) is 12.1 Å². The molecule has 0 saturated carbocycles. The first-order valence-electron chi connectivity index (χ1n) is 6.37. The van der Waals surface area contributed by atoms with Crippen molar-refractivity contribution >= 4 is 33.3 Å². The monoisotopic (exact) mass is 309 g/mol. The number of thiophene rings is 1. The Labute approximate surface area is 123 Å². The second kappa shape index (κ2) is 5.42. The van der Waals surface area contributed by atoms with E-state index in [0.717, 1.165) is 16.7 Å². The molecule has 5 nitrogen and oxygen atoms in total. The van der Waals surface area contributed by atoms with Gasteiger partial charge in [-0.25, -0.2) is 9.18 Å². The van der Waals surface area contributed by atoms with E-state index >= 15 is 0 Å². The Hall–Kier alpha value is -1.99. The minimum atomic E-state index is -1.09. The lowest BCUT2D eigenvalue weighted by molar-refractivity contribution is -0.147. The first-order chi connectivity index (χ1) is 10.1. The predicted molar refractivity (Wildman–Crippen MR) is 75.1 cm³/mol. The average Bonchev–Trinajstić information content (AvgIpc) is 2.89. The number of ether oxygens (including phenoxy) is 1. The van der Waals surface area contributed by atoms with Gasteiger partial charge in [-0.05, 0) is 23.6 Å². The van der Waals surface area contributed by atoms with E-state index in [1.807, 2.05) is 0 Å². The van der Waals surface area contributed by atoms with Crippen molar-refractivity contribution in [1.29, 1.82) is 0 Å². The zero-order chi connectivity index (χ0) is 15.0. The molecule has 1 fully saturated rings. The van der Waals surface area contributed by atoms with Crippen molar-refractivity contribution < 1.29 is 23.8 Å². The van der Waals surface area contributed by atoms with Crippen molar-refractivity contribution in [3.63, 3.8) is 0 Å². The number of hydrogen-bond donors (Lipinski definition) is 1. The van der Waals surface area contributed by atoms with E-state index in [9.17, 15) is 14.0 Å². The first-order valence-corrected chi connectivity index (χ1v) is 7.18. The highest BCUT2D eigenvalue weighted by molar-refractivity contribution is 7.20. The molecule has 7 heteroatoms.